The Hall–Kier alpha value is -4.06. The maximum absolute atomic E-state index is 5.44. The molecule has 0 aliphatic heterocycles. The van der Waals surface area contributed by atoms with E-state index in [1.54, 1.807) is 0 Å². The van der Waals surface area contributed by atoms with Crippen LogP contribution in [0, 0.1) is 0 Å². The van der Waals surface area contributed by atoms with Crippen LogP contribution in [-0.2, 0) is 5.16 Å². The molecule has 0 amide bonds. The fraction of sp³-hybridized carbons (Fsp3) is 0.200. The normalized spacial score (nSPS) is 15.0. The van der Waals surface area contributed by atoms with Gasteiger partial charge in [-0.3, -0.25) is 0 Å². The topological polar surface area (TPSA) is 17.8 Å². The summed E-state index contributed by atoms with van der Waals surface area (Å²) in [6.07, 6.45) is 17.6. The molecule has 224 valence electrons. The minimum absolute atomic E-state index is 0.246. The highest BCUT2D eigenvalue weighted by molar-refractivity contribution is 7.80. The van der Waals surface area contributed by atoms with Gasteiger partial charge < -0.3 is 4.57 Å². The lowest BCUT2D eigenvalue weighted by Gasteiger charge is -2.43. The second-order valence-corrected chi connectivity index (χ2v) is 15.9. The van der Waals surface area contributed by atoms with E-state index in [9.17, 15) is 0 Å². The van der Waals surface area contributed by atoms with Crippen LogP contribution in [0.3, 0.4) is 0 Å². The minimum Gasteiger partial charge on any atom is -0.326 e. The van der Waals surface area contributed by atoms with Crippen molar-refractivity contribution in [3.63, 3.8) is 0 Å². The fourth-order valence-electron chi connectivity index (χ4n) is 7.09. The Morgan fingerprint density at radius 1 is 0.778 bits per heavy atom. The molecule has 1 unspecified atom stereocenters. The maximum Gasteiger partial charge on any atom is 0.212 e. The Bertz CT molecular complexity index is 1620. The summed E-state index contributed by atoms with van der Waals surface area (Å²) in [5.41, 5.74) is 5.60. The van der Waals surface area contributed by atoms with Crippen LogP contribution in [0.5, 0.6) is 0 Å². The van der Waals surface area contributed by atoms with Gasteiger partial charge in [-0.1, -0.05) is 200 Å². The van der Waals surface area contributed by atoms with E-state index < -0.39 is 8.80 Å². The van der Waals surface area contributed by atoms with Crippen LogP contribution in [0.25, 0.3) is 0 Å². The lowest BCUT2D eigenvalue weighted by atomic mass is 9.37. The third-order valence-corrected chi connectivity index (χ3v) is 13.9. The number of rotatable bonds is 10. The van der Waals surface area contributed by atoms with Gasteiger partial charge in [0.25, 0.3) is 0 Å². The van der Waals surface area contributed by atoms with Gasteiger partial charge >= 0.3 is 0 Å². The quantitative estimate of drug-likeness (QED) is 0.116. The largest absolute Gasteiger partial charge is 0.326 e. The molecule has 0 radical (unpaired) electrons. The van der Waals surface area contributed by atoms with Crippen molar-refractivity contribution in [2.24, 2.45) is 0 Å². The molecule has 1 fully saturated rings. The molecule has 5 aromatic rings. The zero-order valence-corrected chi connectivity index (χ0v) is 28.1. The highest BCUT2D eigenvalue weighted by atomic mass is 32.1. The molecule has 0 bridgehead atoms. The number of allylic oxidation sites excluding steroid dienone is 4. The van der Waals surface area contributed by atoms with Gasteiger partial charge in [0.15, 0.2) is 0 Å². The predicted octanol–water partition coefficient (Wildman–Crippen LogP) is 8.11. The van der Waals surface area contributed by atoms with Gasteiger partial charge in [-0.15, -0.1) is 0 Å². The highest BCUT2D eigenvalue weighted by Gasteiger charge is 2.45. The first-order valence-corrected chi connectivity index (χ1v) is 18.7. The maximum atomic E-state index is 5.44. The molecule has 2 aliphatic rings. The van der Waals surface area contributed by atoms with E-state index >= 15 is 0 Å². The Morgan fingerprint density at radius 2 is 1.31 bits per heavy atom. The molecule has 1 atom stereocenters. The predicted molar refractivity (Wildman–Crippen MR) is 199 cm³/mol. The molecule has 0 saturated heterocycles. The molecule has 1 aromatic heterocycles. The van der Waals surface area contributed by atoms with E-state index in [-0.39, 0.29) is 5.16 Å². The second kappa shape index (κ2) is 14.8. The van der Waals surface area contributed by atoms with Gasteiger partial charge in [0.2, 0.25) is 6.71 Å². The minimum atomic E-state index is -1.60. The molecular formula is C40H41BN2SSi. The average molecular weight is 621 g/mol. The summed E-state index contributed by atoms with van der Waals surface area (Å²) >= 11 is 5.44. The van der Waals surface area contributed by atoms with Gasteiger partial charge in [-0.25, -0.2) is 4.98 Å². The molecule has 7 rings (SSSR count). The lowest BCUT2D eigenvalue weighted by Crippen LogP contribution is -2.51. The first kappa shape index (κ1) is 30.9. The molecule has 0 N–H and O–H groups in total. The van der Waals surface area contributed by atoms with E-state index in [1.807, 2.05) is 12.5 Å². The Kier molecular flexibility index (Phi) is 10.2. The third kappa shape index (κ3) is 6.95. The highest BCUT2D eigenvalue weighted by Crippen LogP contribution is 2.42. The van der Waals surface area contributed by atoms with Crippen LogP contribution in [0.4, 0.5) is 0 Å². The van der Waals surface area contributed by atoms with E-state index in [4.69, 9.17) is 12.2 Å². The molecule has 45 heavy (non-hydrogen) atoms. The van der Waals surface area contributed by atoms with Crippen LogP contribution < -0.4 is 10.9 Å². The van der Waals surface area contributed by atoms with Crippen molar-refractivity contribution in [3.05, 3.63) is 175 Å². The molecular weight excluding hydrogens is 579 g/mol. The number of nitrogens with zero attached hydrogens (tertiary/aromatic N) is 2. The zero-order valence-electron chi connectivity index (χ0n) is 26.1. The molecule has 2 aliphatic carbocycles. The summed E-state index contributed by atoms with van der Waals surface area (Å²) in [5.74, 6) is 0.866. The van der Waals surface area contributed by atoms with Crippen LogP contribution in [0.1, 0.15) is 43.7 Å². The summed E-state index contributed by atoms with van der Waals surface area (Å²) in [6.45, 7) is 2.91. The van der Waals surface area contributed by atoms with Crippen molar-refractivity contribution in [3.8, 4) is 0 Å². The van der Waals surface area contributed by atoms with Gasteiger partial charge in [-0.2, -0.15) is 0 Å². The standard InChI is InChI=1S/C25H26N2SSi.C15H15B/c1-2-19-29(24-15-13-23(28)14-16-24)25(27-18-17-26-20-27,21-9-5-3-6-10-21)22-11-7-4-8-12-22;1-3-7-13(8-4-1)16(15-11-12-15)14-9-5-2-6-10-14/h3-13,15-18,20,29H,2,14,19H2,1H3;1-10,15H,11-12H2. The van der Waals surface area contributed by atoms with Crippen LogP contribution >= 0.6 is 12.2 Å². The molecule has 4 aromatic carbocycles. The first-order chi connectivity index (χ1) is 22.2. The number of benzene rings is 4. The number of hydrogen-bond donors (Lipinski definition) is 0. The molecule has 1 heterocycles. The summed E-state index contributed by atoms with van der Waals surface area (Å²) in [7, 11) is -1.60. The number of thiocarbonyl (C=S) groups is 1. The van der Waals surface area contributed by atoms with Crippen molar-refractivity contribution >= 4 is 43.5 Å². The van der Waals surface area contributed by atoms with Crippen LogP contribution in [-0.4, -0.2) is 29.9 Å². The van der Waals surface area contributed by atoms with E-state index in [0.29, 0.717) is 6.71 Å². The van der Waals surface area contributed by atoms with Crippen molar-refractivity contribution < 1.29 is 0 Å². The van der Waals surface area contributed by atoms with Gasteiger partial charge in [0.05, 0.1) is 11.5 Å². The number of hydrogen-bond acceptors (Lipinski definition) is 2. The van der Waals surface area contributed by atoms with E-state index in [2.05, 4.69) is 162 Å². The van der Waals surface area contributed by atoms with Gasteiger partial charge in [0.1, 0.15) is 8.80 Å². The second-order valence-electron chi connectivity index (χ2n) is 12.2. The monoisotopic (exact) mass is 620 g/mol. The number of aromatic nitrogens is 2. The smallest absolute Gasteiger partial charge is 0.212 e. The SMILES string of the molecule is CCC[SiH](C1=CCC(=S)C=C1)C(c1ccccc1)(c1ccccc1)n1ccnc1.c1ccc(B(c2ccccc2)C2CC2)cc1. The summed E-state index contributed by atoms with van der Waals surface area (Å²) in [6, 6.07) is 44.9. The van der Waals surface area contributed by atoms with Crippen molar-refractivity contribution in [1.29, 1.82) is 0 Å². The average Bonchev–Trinajstić information content (AvgIpc) is 3.78. The first-order valence-electron chi connectivity index (χ1n) is 16.3. The van der Waals surface area contributed by atoms with Crippen molar-refractivity contribution in [2.75, 3.05) is 0 Å². The Morgan fingerprint density at radius 3 is 1.73 bits per heavy atom. The molecule has 5 heteroatoms. The lowest BCUT2D eigenvalue weighted by molar-refractivity contribution is 0.580. The van der Waals surface area contributed by atoms with Crippen LogP contribution in [0.15, 0.2) is 163 Å². The fourth-order valence-corrected chi connectivity index (χ4v) is 11.5. The molecule has 1 saturated carbocycles. The van der Waals surface area contributed by atoms with E-state index in [0.717, 1.165) is 23.5 Å². The van der Waals surface area contributed by atoms with Crippen molar-refractivity contribution in [1.82, 2.24) is 9.55 Å². The Labute approximate surface area is 276 Å². The zero-order chi connectivity index (χ0) is 30.9. The summed E-state index contributed by atoms with van der Waals surface area (Å²) < 4.78 is 2.35. The summed E-state index contributed by atoms with van der Waals surface area (Å²) in [4.78, 5) is 5.48. The third-order valence-electron chi connectivity index (χ3n) is 9.23. The van der Waals surface area contributed by atoms with Gasteiger partial charge in [0, 0.05) is 23.7 Å². The van der Waals surface area contributed by atoms with Gasteiger partial charge in [-0.05, 0) is 17.2 Å². The van der Waals surface area contributed by atoms with E-state index in [1.165, 1.54) is 46.1 Å². The summed E-state index contributed by atoms with van der Waals surface area (Å²) in [5, 5.41) is 1.24. The molecule has 0 spiro atoms. The molecule has 2 nitrogen and oxygen atoms in total. The van der Waals surface area contributed by atoms with Crippen molar-refractivity contribution in [2.45, 2.75) is 49.6 Å². The van der Waals surface area contributed by atoms with Crippen LogP contribution in [0.2, 0.25) is 11.9 Å². The Balaban J connectivity index is 0.000000187. The number of imidazole rings is 1.